The van der Waals surface area contributed by atoms with Gasteiger partial charge in [0.25, 0.3) is 5.56 Å². The van der Waals surface area contributed by atoms with Crippen molar-refractivity contribution in [2.75, 3.05) is 11.5 Å². The first-order valence-corrected chi connectivity index (χ1v) is 10.8. The minimum absolute atomic E-state index is 0.294. The molecule has 4 rings (SSSR count). The average molecular weight is 419 g/mol. The second-order valence-corrected chi connectivity index (χ2v) is 8.09. The van der Waals surface area contributed by atoms with E-state index in [2.05, 4.69) is 17.1 Å². The van der Waals surface area contributed by atoms with Crippen molar-refractivity contribution in [2.45, 2.75) is 18.8 Å². The summed E-state index contributed by atoms with van der Waals surface area (Å²) in [5.74, 6) is 1.50. The van der Waals surface area contributed by atoms with E-state index >= 15 is 0 Å². The van der Waals surface area contributed by atoms with E-state index in [-0.39, 0.29) is 11.2 Å². The molecule has 0 saturated carbocycles. The second-order valence-electron chi connectivity index (χ2n) is 6.98. The van der Waals surface area contributed by atoms with Gasteiger partial charge in [0.1, 0.15) is 5.65 Å². The van der Waals surface area contributed by atoms with Crippen LogP contribution in [0.1, 0.15) is 11.1 Å². The number of nitrogens with zero attached hydrogens (tertiary/aromatic N) is 3. The van der Waals surface area contributed by atoms with Crippen LogP contribution in [0.2, 0.25) is 0 Å². The number of hydrogen-bond acceptors (Lipinski definition) is 5. The van der Waals surface area contributed by atoms with Gasteiger partial charge < -0.3 is 5.73 Å². The Bertz CT molecular complexity index is 1260. The normalized spacial score (nSPS) is 11.1. The quantitative estimate of drug-likeness (QED) is 0.368. The molecule has 0 aliphatic rings. The summed E-state index contributed by atoms with van der Waals surface area (Å²) in [6.07, 6.45) is 1.60. The molecule has 2 heterocycles. The molecule has 0 amide bonds. The Kier molecular flexibility index (Phi) is 5.99. The number of fused-ring (bicyclic) bond motifs is 1. The Balaban J connectivity index is 1.63. The molecule has 0 spiro atoms. The number of hydrogen-bond donors (Lipinski definition) is 1. The number of rotatable bonds is 7. The van der Waals surface area contributed by atoms with Gasteiger partial charge in [-0.3, -0.25) is 13.9 Å². The van der Waals surface area contributed by atoms with Gasteiger partial charge in [-0.1, -0.05) is 42.5 Å². The van der Waals surface area contributed by atoms with Crippen LogP contribution in [-0.4, -0.2) is 19.9 Å². The third-order valence-corrected chi connectivity index (χ3v) is 5.88. The summed E-state index contributed by atoms with van der Waals surface area (Å²) in [5.41, 5.74) is 8.33. The number of nitrogen functional groups attached to an aromatic ring is 1. The molecule has 2 aromatic carbocycles. The van der Waals surface area contributed by atoms with E-state index < -0.39 is 0 Å². The van der Waals surface area contributed by atoms with Crippen LogP contribution >= 0.6 is 11.8 Å². The molecule has 0 saturated heterocycles. The van der Waals surface area contributed by atoms with Gasteiger partial charge in [-0.25, -0.2) is 9.78 Å². The monoisotopic (exact) mass is 418 g/mol. The predicted octanol–water partition coefficient (Wildman–Crippen LogP) is 3.12. The Labute approximate surface area is 178 Å². The van der Waals surface area contributed by atoms with Crippen molar-refractivity contribution in [3.63, 3.8) is 0 Å². The summed E-state index contributed by atoms with van der Waals surface area (Å²) < 4.78 is 2.88. The molecule has 152 valence electrons. The number of pyridine rings is 1. The van der Waals surface area contributed by atoms with Gasteiger partial charge in [-0.2, -0.15) is 11.8 Å². The number of aromatic nitrogens is 3. The summed E-state index contributed by atoms with van der Waals surface area (Å²) in [6.45, 7) is 0.672. The number of benzene rings is 2. The summed E-state index contributed by atoms with van der Waals surface area (Å²) in [5, 5.41) is 0.445. The first kappa shape index (κ1) is 20.0. The molecule has 2 N–H and O–H groups in total. The summed E-state index contributed by atoms with van der Waals surface area (Å²) in [6, 6.07) is 20.9. The van der Waals surface area contributed by atoms with E-state index in [1.165, 1.54) is 10.1 Å². The molecule has 0 fully saturated rings. The van der Waals surface area contributed by atoms with E-state index in [1.807, 2.05) is 30.3 Å². The molecular weight excluding hydrogens is 396 g/mol. The lowest BCUT2D eigenvalue weighted by Crippen LogP contribution is -2.41. The third-order valence-electron chi connectivity index (χ3n) is 4.87. The highest BCUT2D eigenvalue weighted by Gasteiger charge is 2.14. The van der Waals surface area contributed by atoms with Gasteiger partial charge in [0.05, 0.1) is 11.9 Å². The molecule has 4 aromatic rings. The highest BCUT2D eigenvalue weighted by atomic mass is 32.2. The molecule has 30 heavy (non-hydrogen) atoms. The van der Waals surface area contributed by atoms with E-state index in [4.69, 9.17) is 5.73 Å². The van der Waals surface area contributed by atoms with Gasteiger partial charge in [-0.05, 0) is 35.4 Å². The first-order chi connectivity index (χ1) is 14.6. The molecule has 0 aliphatic carbocycles. The Morgan fingerprint density at radius 1 is 0.867 bits per heavy atom. The van der Waals surface area contributed by atoms with Crippen molar-refractivity contribution in [2.24, 2.45) is 0 Å². The smallest absolute Gasteiger partial charge is 0.332 e. The summed E-state index contributed by atoms with van der Waals surface area (Å²) in [4.78, 5) is 30.5. The highest BCUT2D eigenvalue weighted by molar-refractivity contribution is 7.98. The zero-order valence-corrected chi connectivity index (χ0v) is 17.2. The highest BCUT2D eigenvalue weighted by Crippen LogP contribution is 2.13. The fraction of sp³-hybridized carbons (Fsp3) is 0.174. The maximum atomic E-state index is 13.2. The molecular formula is C23H22N4O2S. The minimum atomic E-state index is -0.344. The minimum Gasteiger partial charge on any atom is -0.399 e. The van der Waals surface area contributed by atoms with Gasteiger partial charge in [0.15, 0.2) is 0 Å². The van der Waals surface area contributed by atoms with Crippen LogP contribution in [0.25, 0.3) is 11.0 Å². The fourth-order valence-corrected chi connectivity index (χ4v) is 4.20. The first-order valence-electron chi connectivity index (χ1n) is 9.68. The van der Waals surface area contributed by atoms with E-state index in [0.29, 0.717) is 35.6 Å². The van der Waals surface area contributed by atoms with Crippen LogP contribution < -0.4 is 17.0 Å². The topological polar surface area (TPSA) is 82.9 Å². The third kappa shape index (κ3) is 4.31. The molecule has 0 aliphatic heterocycles. The molecule has 0 unspecified atom stereocenters. The second kappa shape index (κ2) is 9.00. The summed E-state index contributed by atoms with van der Waals surface area (Å²) >= 11 is 1.70. The van der Waals surface area contributed by atoms with Crippen LogP contribution in [0.15, 0.2) is 82.5 Å². The van der Waals surface area contributed by atoms with Crippen LogP contribution in [0.4, 0.5) is 5.69 Å². The standard InChI is InChI=1S/C23H22N4O2S/c24-19-10-8-17(9-11-19)15-27-21-20(7-4-12-25-21)22(28)26(23(27)29)13-14-30-16-18-5-2-1-3-6-18/h1-12H,13-16,24H2. The van der Waals surface area contributed by atoms with Crippen LogP contribution in [-0.2, 0) is 18.8 Å². The van der Waals surface area contributed by atoms with Crippen molar-refractivity contribution in [1.29, 1.82) is 0 Å². The van der Waals surface area contributed by atoms with E-state index in [9.17, 15) is 9.59 Å². The molecule has 7 heteroatoms. The van der Waals surface area contributed by atoms with Gasteiger partial charge in [0.2, 0.25) is 0 Å². The Morgan fingerprint density at radius 2 is 1.63 bits per heavy atom. The maximum Gasteiger partial charge on any atom is 0.332 e. The largest absolute Gasteiger partial charge is 0.399 e. The van der Waals surface area contributed by atoms with Crippen LogP contribution in [0.5, 0.6) is 0 Å². The van der Waals surface area contributed by atoms with Crippen LogP contribution in [0, 0.1) is 0 Å². The molecule has 2 aromatic heterocycles. The Hall–Kier alpha value is -3.32. The van der Waals surface area contributed by atoms with E-state index in [1.54, 1.807) is 46.8 Å². The number of thioether (sulfide) groups is 1. The van der Waals surface area contributed by atoms with Crippen molar-refractivity contribution in [1.82, 2.24) is 14.1 Å². The lowest BCUT2D eigenvalue weighted by molar-refractivity contribution is 0.619. The molecule has 0 radical (unpaired) electrons. The zero-order chi connectivity index (χ0) is 20.9. The molecule has 6 nitrogen and oxygen atoms in total. The lowest BCUT2D eigenvalue weighted by Gasteiger charge is -2.13. The maximum absolute atomic E-state index is 13.2. The SMILES string of the molecule is Nc1ccc(Cn2c(=O)n(CCSCc3ccccc3)c(=O)c3cccnc32)cc1. The number of nitrogens with two attached hydrogens (primary N) is 1. The van der Waals surface area contributed by atoms with Crippen molar-refractivity contribution in [3.05, 3.63) is 105 Å². The average Bonchev–Trinajstić information content (AvgIpc) is 2.78. The number of anilines is 1. The van der Waals surface area contributed by atoms with Crippen LogP contribution in [0.3, 0.4) is 0 Å². The predicted molar refractivity (Wildman–Crippen MR) is 123 cm³/mol. The van der Waals surface area contributed by atoms with Crippen molar-refractivity contribution >= 4 is 28.5 Å². The van der Waals surface area contributed by atoms with Gasteiger partial charge in [0, 0.05) is 29.9 Å². The van der Waals surface area contributed by atoms with Gasteiger partial charge >= 0.3 is 5.69 Å². The van der Waals surface area contributed by atoms with Gasteiger partial charge in [-0.15, -0.1) is 0 Å². The van der Waals surface area contributed by atoms with Crippen molar-refractivity contribution in [3.8, 4) is 0 Å². The van der Waals surface area contributed by atoms with Crippen molar-refractivity contribution < 1.29 is 0 Å². The lowest BCUT2D eigenvalue weighted by atomic mass is 10.2. The fourth-order valence-electron chi connectivity index (χ4n) is 3.31. The molecule has 0 bridgehead atoms. The molecule has 0 atom stereocenters. The Morgan fingerprint density at radius 3 is 2.40 bits per heavy atom. The summed E-state index contributed by atoms with van der Waals surface area (Å²) in [7, 11) is 0. The van der Waals surface area contributed by atoms with E-state index in [0.717, 1.165) is 11.3 Å². The zero-order valence-electron chi connectivity index (χ0n) is 16.4.